The van der Waals surface area contributed by atoms with Gasteiger partial charge in [-0.25, -0.2) is 0 Å². The zero-order valence-corrected chi connectivity index (χ0v) is 15.4. The molecule has 0 aromatic heterocycles. The molecule has 0 heterocycles. The maximum atomic E-state index is 13.0. The topological polar surface area (TPSA) is 58.2 Å². The summed E-state index contributed by atoms with van der Waals surface area (Å²) in [6, 6.07) is 19.8. The Labute approximate surface area is 162 Å². The Morgan fingerprint density at radius 2 is 1.26 bits per heavy atom. The van der Waals surface area contributed by atoms with E-state index in [1.807, 2.05) is 31.2 Å². The first kappa shape index (κ1) is 17.1. The van der Waals surface area contributed by atoms with Crippen molar-refractivity contribution in [1.82, 2.24) is 0 Å². The summed E-state index contributed by atoms with van der Waals surface area (Å²) < 4.78 is 0. The van der Waals surface area contributed by atoms with E-state index in [0.29, 0.717) is 33.1 Å². The molecule has 0 bridgehead atoms. The van der Waals surface area contributed by atoms with Crippen molar-refractivity contribution in [1.29, 1.82) is 0 Å². The van der Waals surface area contributed by atoms with E-state index in [9.17, 15) is 9.59 Å². The molecule has 0 atom stereocenters. The molecule has 4 nitrogen and oxygen atoms in total. The predicted octanol–water partition coefficient (Wildman–Crippen LogP) is 4.58. The van der Waals surface area contributed by atoms with Crippen molar-refractivity contribution in [2.75, 3.05) is 10.6 Å². The minimum atomic E-state index is -0.179. The van der Waals surface area contributed by atoms with Gasteiger partial charge in [-0.3, -0.25) is 9.59 Å². The first-order valence-corrected chi connectivity index (χ1v) is 8.92. The number of para-hydroxylation sites is 1. The second-order valence-corrected chi connectivity index (χ2v) is 6.73. The van der Waals surface area contributed by atoms with E-state index in [2.05, 4.69) is 10.6 Å². The Morgan fingerprint density at radius 1 is 0.704 bits per heavy atom. The van der Waals surface area contributed by atoms with Gasteiger partial charge in [0.15, 0.2) is 16.7 Å². The van der Waals surface area contributed by atoms with E-state index in [1.54, 1.807) is 42.5 Å². The van der Waals surface area contributed by atoms with Crippen molar-refractivity contribution in [2.24, 2.45) is 0 Å². The average molecular weight is 372 g/mol. The van der Waals surface area contributed by atoms with Crippen LogP contribution in [0.4, 0.5) is 11.4 Å². The second kappa shape index (κ2) is 6.78. The van der Waals surface area contributed by atoms with Crippen LogP contribution in [0.25, 0.3) is 0 Å². The summed E-state index contributed by atoms with van der Waals surface area (Å²) in [5, 5.41) is 6.57. The Balaban J connectivity index is 1.68. The summed E-state index contributed by atoms with van der Waals surface area (Å²) in [4.78, 5) is 25.8. The predicted molar refractivity (Wildman–Crippen MR) is 111 cm³/mol. The molecule has 1 aliphatic carbocycles. The number of hydrogen-bond acceptors (Lipinski definition) is 3. The number of ketones is 2. The van der Waals surface area contributed by atoms with Crippen LogP contribution in [0.15, 0.2) is 66.7 Å². The van der Waals surface area contributed by atoms with Crippen LogP contribution in [-0.2, 0) is 0 Å². The van der Waals surface area contributed by atoms with Crippen LogP contribution in [0.5, 0.6) is 0 Å². The molecule has 0 amide bonds. The molecule has 0 fully saturated rings. The SMILES string of the molecule is Cc1ccccc1NC(=S)Nc1cccc2c1C(=O)c1ccccc1C2=O. The molecule has 1 aliphatic rings. The molecular formula is C22H16N2O2S. The molecule has 27 heavy (non-hydrogen) atoms. The smallest absolute Gasteiger partial charge is 0.196 e. The molecular weight excluding hydrogens is 356 g/mol. The van der Waals surface area contributed by atoms with Gasteiger partial charge in [0.2, 0.25) is 0 Å². The summed E-state index contributed by atoms with van der Waals surface area (Å²) in [5.74, 6) is -0.330. The number of carbonyl (C=O) groups is 2. The second-order valence-electron chi connectivity index (χ2n) is 6.33. The largest absolute Gasteiger partial charge is 0.332 e. The molecule has 3 aromatic carbocycles. The van der Waals surface area contributed by atoms with Crippen LogP contribution in [0, 0.1) is 6.92 Å². The lowest BCUT2D eigenvalue weighted by Crippen LogP contribution is -2.25. The quantitative estimate of drug-likeness (QED) is 0.505. The third-order valence-electron chi connectivity index (χ3n) is 4.59. The lowest BCUT2D eigenvalue weighted by molar-refractivity contribution is 0.0979. The molecule has 0 radical (unpaired) electrons. The number of carbonyl (C=O) groups excluding carboxylic acids is 2. The first-order valence-electron chi connectivity index (χ1n) is 8.51. The van der Waals surface area contributed by atoms with Crippen LogP contribution in [0.3, 0.4) is 0 Å². The van der Waals surface area contributed by atoms with Crippen molar-refractivity contribution in [3.05, 3.63) is 94.5 Å². The van der Waals surface area contributed by atoms with E-state index < -0.39 is 0 Å². The van der Waals surface area contributed by atoms with Crippen molar-refractivity contribution in [3.63, 3.8) is 0 Å². The Kier molecular flexibility index (Phi) is 4.30. The third-order valence-corrected chi connectivity index (χ3v) is 4.80. The van der Waals surface area contributed by atoms with Crippen molar-refractivity contribution in [2.45, 2.75) is 6.92 Å². The number of anilines is 2. The summed E-state index contributed by atoms with van der Waals surface area (Å²) in [5.41, 5.74) is 4.06. The van der Waals surface area contributed by atoms with Crippen LogP contribution in [0.1, 0.15) is 37.4 Å². The standard InChI is InChI=1S/C22H16N2O2S/c1-13-7-2-5-11-17(13)23-22(27)24-18-12-6-10-16-19(18)21(26)15-9-4-3-8-14(15)20(16)25/h2-12H,1H3,(H2,23,24,27). The van der Waals surface area contributed by atoms with E-state index in [-0.39, 0.29) is 11.6 Å². The Morgan fingerprint density at radius 3 is 2.00 bits per heavy atom. The highest BCUT2D eigenvalue weighted by Crippen LogP contribution is 2.32. The van der Waals surface area contributed by atoms with E-state index in [4.69, 9.17) is 12.2 Å². The van der Waals surface area contributed by atoms with Gasteiger partial charge in [-0.1, -0.05) is 54.6 Å². The van der Waals surface area contributed by atoms with Gasteiger partial charge >= 0.3 is 0 Å². The fourth-order valence-electron chi connectivity index (χ4n) is 3.24. The van der Waals surface area contributed by atoms with Gasteiger partial charge in [-0.15, -0.1) is 0 Å². The lowest BCUT2D eigenvalue weighted by Gasteiger charge is -2.21. The highest BCUT2D eigenvalue weighted by molar-refractivity contribution is 7.80. The van der Waals surface area contributed by atoms with Gasteiger partial charge in [-0.05, 0) is 36.8 Å². The Hall–Kier alpha value is -3.31. The number of fused-ring (bicyclic) bond motifs is 2. The molecule has 0 spiro atoms. The monoisotopic (exact) mass is 372 g/mol. The minimum Gasteiger partial charge on any atom is -0.332 e. The van der Waals surface area contributed by atoms with Crippen molar-refractivity contribution >= 4 is 40.3 Å². The number of benzene rings is 3. The molecule has 0 saturated heterocycles. The molecule has 0 saturated carbocycles. The molecule has 5 heteroatoms. The third kappa shape index (κ3) is 3.02. The number of hydrogen-bond donors (Lipinski definition) is 2. The van der Waals surface area contributed by atoms with Gasteiger partial charge in [0.05, 0.1) is 11.3 Å². The molecule has 3 aromatic rings. The highest BCUT2D eigenvalue weighted by atomic mass is 32.1. The number of rotatable bonds is 2. The van der Waals surface area contributed by atoms with Crippen molar-refractivity contribution in [3.8, 4) is 0 Å². The fourth-order valence-corrected chi connectivity index (χ4v) is 3.46. The van der Waals surface area contributed by atoms with Crippen LogP contribution in [-0.4, -0.2) is 16.7 Å². The molecule has 2 N–H and O–H groups in total. The zero-order chi connectivity index (χ0) is 19.0. The van der Waals surface area contributed by atoms with Gasteiger partial charge < -0.3 is 10.6 Å². The fraction of sp³-hybridized carbons (Fsp3) is 0.0455. The van der Waals surface area contributed by atoms with Crippen LogP contribution < -0.4 is 10.6 Å². The zero-order valence-electron chi connectivity index (χ0n) is 14.6. The Bertz CT molecular complexity index is 1100. The average Bonchev–Trinajstić information content (AvgIpc) is 2.68. The summed E-state index contributed by atoms with van der Waals surface area (Å²) in [6.07, 6.45) is 0. The van der Waals surface area contributed by atoms with E-state index in [1.165, 1.54) is 0 Å². The molecule has 0 unspecified atom stereocenters. The molecule has 0 aliphatic heterocycles. The minimum absolute atomic E-state index is 0.151. The highest BCUT2D eigenvalue weighted by Gasteiger charge is 2.31. The van der Waals surface area contributed by atoms with Crippen LogP contribution in [0.2, 0.25) is 0 Å². The normalized spacial score (nSPS) is 12.2. The summed E-state index contributed by atoms with van der Waals surface area (Å²) >= 11 is 5.41. The van der Waals surface area contributed by atoms with Crippen molar-refractivity contribution < 1.29 is 9.59 Å². The van der Waals surface area contributed by atoms with E-state index in [0.717, 1.165) is 11.3 Å². The first-order chi connectivity index (χ1) is 13.1. The molecule has 4 rings (SSSR count). The van der Waals surface area contributed by atoms with Crippen LogP contribution >= 0.6 is 12.2 Å². The summed E-state index contributed by atoms with van der Waals surface area (Å²) in [7, 11) is 0. The van der Waals surface area contributed by atoms with Gasteiger partial charge in [-0.2, -0.15) is 0 Å². The van der Waals surface area contributed by atoms with E-state index >= 15 is 0 Å². The molecule has 132 valence electrons. The number of thiocarbonyl (C=S) groups is 1. The summed E-state index contributed by atoms with van der Waals surface area (Å²) in [6.45, 7) is 1.98. The maximum Gasteiger partial charge on any atom is 0.196 e. The lowest BCUT2D eigenvalue weighted by atomic mass is 9.83. The maximum absolute atomic E-state index is 13.0. The number of nitrogens with one attached hydrogen (secondary N) is 2. The van der Waals surface area contributed by atoms with Gasteiger partial charge in [0, 0.05) is 22.4 Å². The number of aryl methyl sites for hydroxylation is 1. The van der Waals surface area contributed by atoms with Gasteiger partial charge in [0.25, 0.3) is 0 Å². The van der Waals surface area contributed by atoms with Gasteiger partial charge in [0.1, 0.15) is 0 Å².